The fourth-order valence-corrected chi connectivity index (χ4v) is 1.18. The number of aryl methyl sites for hydroxylation is 1. The number of carbonyl (C=O) groups excluding carboxylic acids is 1. The van der Waals surface area contributed by atoms with Gasteiger partial charge in [0, 0.05) is 5.02 Å². The fraction of sp³-hybridized carbons (Fsp3) is 0.300. The van der Waals surface area contributed by atoms with E-state index in [1.807, 2.05) is 12.3 Å². The average molecular weight is 229 g/mol. The minimum absolute atomic E-state index is 0.373. The summed E-state index contributed by atoms with van der Waals surface area (Å²) in [5.41, 5.74) is 2.92. The molecule has 5 heteroatoms. The molecule has 0 saturated heterocycles. The van der Waals surface area contributed by atoms with Crippen molar-refractivity contribution >= 4 is 17.5 Å². The second kappa shape index (κ2) is 5.00. The summed E-state index contributed by atoms with van der Waals surface area (Å²) in [5.74, 6) is 5.20. The number of hydrazine groups is 1. The van der Waals surface area contributed by atoms with Crippen molar-refractivity contribution in [1.82, 2.24) is 5.43 Å². The van der Waals surface area contributed by atoms with Gasteiger partial charge in [0.25, 0.3) is 5.91 Å². The summed E-state index contributed by atoms with van der Waals surface area (Å²) in [6.45, 7) is 3.48. The minimum atomic E-state index is -0.629. The number of amides is 1. The number of nitrogens with two attached hydrogens (primary N) is 1. The lowest BCUT2D eigenvalue weighted by atomic mass is 10.2. The second-order valence-corrected chi connectivity index (χ2v) is 3.59. The predicted molar refractivity (Wildman–Crippen MR) is 58.6 cm³/mol. The van der Waals surface area contributed by atoms with Crippen LogP contribution >= 0.6 is 11.6 Å². The summed E-state index contributed by atoms with van der Waals surface area (Å²) in [4.78, 5) is 11.1. The van der Waals surface area contributed by atoms with Gasteiger partial charge in [-0.15, -0.1) is 0 Å². The molecule has 1 atom stereocenters. The van der Waals surface area contributed by atoms with Crippen LogP contribution in [0.4, 0.5) is 0 Å². The lowest BCUT2D eigenvalue weighted by molar-refractivity contribution is -0.127. The van der Waals surface area contributed by atoms with Crippen molar-refractivity contribution in [2.75, 3.05) is 0 Å². The molecule has 4 nitrogen and oxygen atoms in total. The largest absolute Gasteiger partial charge is 0.481 e. The Bertz CT molecular complexity index is 368. The molecule has 0 spiro atoms. The molecule has 0 radical (unpaired) electrons. The minimum Gasteiger partial charge on any atom is -0.481 e. The molecule has 0 aliphatic carbocycles. The highest BCUT2D eigenvalue weighted by Crippen LogP contribution is 2.21. The molecule has 15 heavy (non-hydrogen) atoms. The van der Waals surface area contributed by atoms with E-state index in [1.165, 1.54) is 0 Å². The van der Waals surface area contributed by atoms with E-state index in [0.29, 0.717) is 10.8 Å². The SMILES string of the molecule is Cc1cc(OC(C)C(=O)NN)ccc1Cl. The van der Waals surface area contributed by atoms with Gasteiger partial charge in [-0.2, -0.15) is 0 Å². The molecular formula is C10H13ClN2O2. The lowest BCUT2D eigenvalue weighted by Crippen LogP contribution is -2.40. The molecule has 1 aromatic carbocycles. The molecule has 0 saturated carbocycles. The third-order valence-corrected chi connectivity index (χ3v) is 2.38. The molecule has 1 amide bonds. The van der Waals surface area contributed by atoms with Crippen molar-refractivity contribution in [1.29, 1.82) is 0 Å². The average Bonchev–Trinajstić information content (AvgIpc) is 2.22. The van der Waals surface area contributed by atoms with Crippen molar-refractivity contribution in [3.8, 4) is 5.75 Å². The third-order valence-electron chi connectivity index (χ3n) is 1.95. The quantitative estimate of drug-likeness (QED) is 0.467. The van der Waals surface area contributed by atoms with Gasteiger partial charge < -0.3 is 4.74 Å². The maximum absolute atomic E-state index is 11.1. The third kappa shape index (κ3) is 3.11. The Morgan fingerprint density at radius 1 is 1.60 bits per heavy atom. The Morgan fingerprint density at radius 2 is 2.27 bits per heavy atom. The number of benzene rings is 1. The number of nitrogens with one attached hydrogen (secondary N) is 1. The van der Waals surface area contributed by atoms with E-state index in [-0.39, 0.29) is 5.91 Å². The maximum Gasteiger partial charge on any atom is 0.274 e. The van der Waals surface area contributed by atoms with Crippen LogP contribution in [-0.2, 0) is 4.79 Å². The van der Waals surface area contributed by atoms with Crippen molar-refractivity contribution in [2.45, 2.75) is 20.0 Å². The second-order valence-electron chi connectivity index (χ2n) is 3.18. The van der Waals surface area contributed by atoms with Gasteiger partial charge in [-0.1, -0.05) is 11.6 Å². The lowest BCUT2D eigenvalue weighted by Gasteiger charge is -2.13. The molecule has 3 N–H and O–H groups in total. The van der Waals surface area contributed by atoms with E-state index in [1.54, 1.807) is 25.1 Å². The van der Waals surface area contributed by atoms with Crippen molar-refractivity contribution in [3.05, 3.63) is 28.8 Å². The van der Waals surface area contributed by atoms with Gasteiger partial charge in [0.2, 0.25) is 0 Å². The van der Waals surface area contributed by atoms with Crippen molar-refractivity contribution in [2.24, 2.45) is 5.84 Å². The van der Waals surface area contributed by atoms with Crippen LogP contribution in [0.2, 0.25) is 5.02 Å². The zero-order chi connectivity index (χ0) is 11.4. The van der Waals surface area contributed by atoms with Crippen LogP contribution < -0.4 is 16.0 Å². The summed E-state index contributed by atoms with van der Waals surface area (Å²) in [6, 6.07) is 5.19. The number of hydrogen-bond donors (Lipinski definition) is 2. The van der Waals surface area contributed by atoms with E-state index in [4.69, 9.17) is 22.2 Å². The van der Waals surface area contributed by atoms with E-state index in [0.717, 1.165) is 5.56 Å². The molecule has 1 rings (SSSR count). The Morgan fingerprint density at radius 3 is 2.80 bits per heavy atom. The standard InChI is InChI=1S/C10H13ClN2O2/c1-6-5-8(3-4-9(6)11)15-7(2)10(14)13-12/h3-5,7H,12H2,1-2H3,(H,13,14). The van der Waals surface area contributed by atoms with Crippen molar-refractivity contribution in [3.63, 3.8) is 0 Å². The van der Waals surface area contributed by atoms with Gasteiger partial charge in [-0.3, -0.25) is 10.2 Å². The number of halogens is 1. The summed E-state index contributed by atoms with van der Waals surface area (Å²) >= 11 is 5.85. The highest BCUT2D eigenvalue weighted by molar-refractivity contribution is 6.31. The zero-order valence-electron chi connectivity index (χ0n) is 8.58. The van der Waals surface area contributed by atoms with Crippen LogP contribution in [-0.4, -0.2) is 12.0 Å². The van der Waals surface area contributed by atoms with Gasteiger partial charge in [-0.05, 0) is 37.6 Å². The maximum atomic E-state index is 11.1. The van der Waals surface area contributed by atoms with E-state index in [9.17, 15) is 4.79 Å². The summed E-state index contributed by atoms with van der Waals surface area (Å²) in [6.07, 6.45) is -0.629. The fourth-order valence-electron chi connectivity index (χ4n) is 1.07. The molecule has 0 bridgehead atoms. The van der Waals surface area contributed by atoms with Gasteiger partial charge >= 0.3 is 0 Å². The highest BCUT2D eigenvalue weighted by atomic mass is 35.5. The Hall–Kier alpha value is -1.26. The van der Waals surface area contributed by atoms with Gasteiger partial charge in [0.15, 0.2) is 6.10 Å². The van der Waals surface area contributed by atoms with E-state index in [2.05, 4.69) is 0 Å². The van der Waals surface area contributed by atoms with E-state index >= 15 is 0 Å². The number of rotatable bonds is 3. The van der Waals surface area contributed by atoms with Crippen LogP contribution in [0.3, 0.4) is 0 Å². The summed E-state index contributed by atoms with van der Waals surface area (Å²) in [7, 11) is 0. The summed E-state index contributed by atoms with van der Waals surface area (Å²) in [5, 5.41) is 0.665. The molecule has 0 heterocycles. The molecular weight excluding hydrogens is 216 g/mol. The molecule has 0 fully saturated rings. The molecule has 0 aliphatic heterocycles. The van der Waals surface area contributed by atoms with Gasteiger partial charge in [0.05, 0.1) is 0 Å². The predicted octanol–water partition coefficient (Wildman–Crippen LogP) is 1.41. The first-order chi connectivity index (χ1) is 7.04. The topological polar surface area (TPSA) is 64.3 Å². The molecule has 82 valence electrons. The monoisotopic (exact) mass is 228 g/mol. The van der Waals surface area contributed by atoms with Crippen LogP contribution in [0.1, 0.15) is 12.5 Å². The first-order valence-corrected chi connectivity index (χ1v) is 4.85. The smallest absolute Gasteiger partial charge is 0.274 e. The molecule has 0 aliphatic rings. The first kappa shape index (κ1) is 11.8. The van der Waals surface area contributed by atoms with E-state index < -0.39 is 6.10 Å². The Balaban J connectivity index is 2.73. The number of hydrogen-bond acceptors (Lipinski definition) is 3. The van der Waals surface area contributed by atoms with Crippen molar-refractivity contribution < 1.29 is 9.53 Å². The van der Waals surface area contributed by atoms with Crippen LogP contribution in [0.15, 0.2) is 18.2 Å². The van der Waals surface area contributed by atoms with Gasteiger partial charge in [0.1, 0.15) is 5.75 Å². The number of carbonyl (C=O) groups is 1. The highest BCUT2D eigenvalue weighted by Gasteiger charge is 2.12. The van der Waals surface area contributed by atoms with Crippen LogP contribution in [0.25, 0.3) is 0 Å². The molecule has 0 aromatic heterocycles. The Labute approximate surface area is 93.3 Å². The van der Waals surface area contributed by atoms with Crippen LogP contribution in [0, 0.1) is 6.92 Å². The van der Waals surface area contributed by atoms with Gasteiger partial charge in [-0.25, -0.2) is 5.84 Å². The molecule has 1 aromatic rings. The number of ether oxygens (including phenoxy) is 1. The Kier molecular flexibility index (Phi) is 3.94. The normalized spacial score (nSPS) is 12.0. The summed E-state index contributed by atoms with van der Waals surface area (Å²) < 4.78 is 5.35. The molecule has 1 unspecified atom stereocenters. The zero-order valence-corrected chi connectivity index (χ0v) is 9.34. The van der Waals surface area contributed by atoms with Crippen LogP contribution in [0.5, 0.6) is 5.75 Å². The first-order valence-electron chi connectivity index (χ1n) is 4.48.